The van der Waals surface area contributed by atoms with Crippen molar-refractivity contribution in [3.63, 3.8) is 0 Å². The van der Waals surface area contributed by atoms with Crippen LogP contribution in [0.5, 0.6) is 0 Å². The van der Waals surface area contributed by atoms with Crippen molar-refractivity contribution in [2.45, 2.75) is 13.0 Å². The highest BCUT2D eigenvalue weighted by Crippen LogP contribution is 2.34. The molecule has 2 aliphatic rings. The zero-order chi connectivity index (χ0) is 13.2. The molecule has 0 fully saturated rings. The summed E-state index contributed by atoms with van der Waals surface area (Å²) in [6.07, 6.45) is 3.28. The Labute approximate surface area is 120 Å². The summed E-state index contributed by atoms with van der Waals surface area (Å²) in [6, 6.07) is 3.70. The van der Waals surface area contributed by atoms with Gasteiger partial charge in [0.05, 0.1) is 11.3 Å². The van der Waals surface area contributed by atoms with Gasteiger partial charge in [-0.1, -0.05) is 11.6 Å². The first-order valence-electron chi connectivity index (χ1n) is 6.36. The third-order valence-electron chi connectivity index (χ3n) is 3.48. The maximum Gasteiger partial charge on any atom is 0.338 e. The molecule has 4 nitrogen and oxygen atoms in total. The van der Waals surface area contributed by atoms with E-state index in [4.69, 9.17) is 4.74 Å². The van der Waals surface area contributed by atoms with E-state index in [1.165, 1.54) is 5.57 Å². The minimum atomic E-state index is -0.230. The van der Waals surface area contributed by atoms with Gasteiger partial charge in [0.1, 0.15) is 6.61 Å². The first-order chi connectivity index (χ1) is 9.25. The van der Waals surface area contributed by atoms with Crippen LogP contribution in [0.4, 0.5) is 5.69 Å². The number of carbonyl (C=O) groups is 1. The molecule has 0 aromatic heterocycles. The number of hydrogen-bond acceptors (Lipinski definition) is 4. The highest BCUT2D eigenvalue weighted by Gasteiger charge is 2.25. The van der Waals surface area contributed by atoms with Crippen molar-refractivity contribution in [2.75, 3.05) is 25.0 Å². The summed E-state index contributed by atoms with van der Waals surface area (Å²) in [5.74, 6) is -0.230. The predicted molar refractivity (Wildman–Crippen MR) is 77.3 cm³/mol. The fourth-order valence-electron chi connectivity index (χ4n) is 2.40. The molecule has 0 atom stereocenters. The van der Waals surface area contributed by atoms with E-state index in [2.05, 4.69) is 32.6 Å². The SMILES string of the molecule is O=C1OCc2c1ccc(Br)c2NCC1=CCNCC1. The molecule has 100 valence electrons. The summed E-state index contributed by atoms with van der Waals surface area (Å²) in [5.41, 5.74) is 4.00. The van der Waals surface area contributed by atoms with Gasteiger partial charge in [-0.15, -0.1) is 0 Å². The number of benzene rings is 1. The number of esters is 1. The number of hydrogen-bond donors (Lipinski definition) is 2. The molecule has 0 spiro atoms. The summed E-state index contributed by atoms with van der Waals surface area (Å²) in [6.45, 7) is 3.14. The van der Waals surface area contributed by atoms with E-state index in [-0.39, 0.29) is 5.97 Å². The van der Waals surface area contributed by atoms with Crippen molar-refractivity contribution in [2.24, 2.45) is 0 Å². The van der Waals surface area contributed by atoms with Crippen molar-refractivity contribution >= 4 is 27.6 Å². The Morgan fingerprint density at radius 3 is 3.11 bits per heavy atom. The van der Waals surface area contributed by atoms with Crippen LogP contribution >= 0.6 is 15.9 Å². The molecule has 0 bridgehead atoms. The van der Waals surface area contributed by atoms with Crippen LogP contribution in [0, 0.1) is 0 Å². The van der Waals surface area contributed by atoms with Crippen LogP contribution in [0.1, 0.15) is 22.3 Å². The van der Waals surface area contributed by atoms with Gasteiger partial charge in [0.2, 0.25) is 0 Å². The van der Waals surface area contributed by atoms with Crippen LogP contribution < -0.4 is 10.6 Å². The Hall–Kier alpha value is -1.33. The summed E-state index contributed by atoms with van der Waals surface area (Å²) >= 11 is 3.53. The summed E-state index contributed by atoms with van der Waals surface area (Å²) in [7, 11) is 0. The highest BCUT2D eigenvalue weighted by atomic mass is 79.9. The maximum absolute atomic E-state index is 11.6. The van der Waals surface area contributed by atoms with Gasteiger partial charge in [0.25, 0.3) is 0 Å². The first-order valence-corrected chi connectivity index (χ1v) is 7.16. The van der Waals surface area contributed by atoms with Gasteiger partial charge in [-0.25, -0.2) is 4.79 Å². The molecule has 0 unspecified atom stereocenters. The van der Waals surface area contributed by atoms with Gasteiger partial charge < -0.3 is 15.4 Å². The van der Waals surface area contributed by atoms with Gasteiger partial charge in [-0.3, -0.25) is 0 Å². The molecule has 1 aromatic carbocycles. The van der Waals surface area contributed by atoms with Gasteiger partial charge in [-0.05, 0) is 41.0 Å². The van der Waals surface area contributed by atoms with Crippen LogP contribution in [-0.2, 0) is 11.3 Å². The normalized spacial score (nSPS) is 17.7. The van der Waals surface area contributed by atoms with E-state index < -0.39 is 0 Å². The Morgan fingerprint density at radius 2 is 2.32 bits per heavy atom. The Bertz CT molecular complexity index is 555. The molecule has 2 N–H and O–H groups in total. The lowest BCUT2D eigenvalue weighted by molar-refractivity contribution is 0.0535. The van der Waals surface area contributed by atoms with Gasteiger partial charge in [-0.2, -0.15) is 0 Å². The van der Waals surface area contributed by atoms with E-state index >= 15 is 0 Å². The van der Waals surface area contributed by atoms with Crippen molar-refractivity contribution in [3.05, 3.63) is 39.4 Å². The largest absolute Gasteiger partial charge is 0.457 e. The maximum atomic E-state index is 11.6. The third kappa shape index (κ3) is 2.53. The Balaban J connectivity index is 1.81. The molecule has 2 heterocycles. The van der Waals surface area contributed by atoms with E-state index in [1.807, 2.05) is 12.1 Å². The smallest absolute Gasteiger partial charge is 0.338 e. The first kappa shape index (κ1) is 12.7. The second-order valence-electron chi connectivity index (χ2n) is 4.69. The van der Waals surface area contributed by atoms with Crippen molar-refractivity contribution in [3.8, 4) is 0 Å². The number of carbonyl (C=O) groups excluding carboxylic acids is 1. The molecule has 5 heteroatoms. The molecule has 1 aromatic rings. The molecule has 2 aliphatic heterocycles. The van der Waals surface area contributed by atoms with Gasteiger partial charge in [0, 0.05) is 23.1 Å². The third-order valence-corrected chi connectivity index (χ3v) is 4.14. The van der Waals surface area contributed by atoms with Crippen LogP contribution in [0.2, 0.25) is 0 Å². The van der Waals surface area contributed by atoms with E-state index in [0.717, 1.165) is 41.8 Å². The average molecular weight is 323 g/mol. The number of halogens is 1. The summed E-state index contributed by atoms with van der Waals surface area (Å²) in [5, 5.41) is 6.72. The number of nitrogens with one attached hydrogen (secondary N) is 2. The summed E-state index contributed by atoms with van der Waals surface area (Å²) in [4.78, 5) is 11.6. The van der Waals surface area contributed by atoms with Crippen molar-refractivity contribution < 1.29 is 9.53 Å². The van der Waals surface area contributed by atoms with Crippen molar-refractivity contribution in [1.82, 2.24) is 5.32 Å². The molecule has 0 radical (unpaired) electrons. The Kier molecular flexibility index (Phi) is 3.57. The minimum absolute atomic E-state index is 0.230. The number of cyclic esters (lactones) is 1. The van der Waals surface area contributed by atoms with E-state index in [1.54, 1.807) is 0 Å². The number of anilines is 1. The van der Waals surface area contributed by atoms with Crippen LogP contribution in [0.3, 0.4) is 0 Å². The molecule has 3 rings (SSSR count). The molecule has 19 heavy (non-hydrogen) atoms. The van der Waals surface area contributed by atoms with Crippen LogP contribution in [0.25, 0.3) is 0 Å². The monoisotopic (exact) mass is 322 g/mol. The van der Waals surface area contributed by atoms with Crippen molar-refractivity contribution in [1.29, 1.82) is 0 Å². The van der Waals surface area contributed by atoms with Gasteiger partial charge in [0.15, 0.2) is 0 Å². The van der Waals surface area contributed by atoms with Crippen LogP contribution in [-0.4, -0.2) is 25.6 Å². The molecular formula is C14H15BrN2O2. The standard InChI is InChI=1S/C14H15BrN2O2/c15-12-2-1-10-11(8-19-14(10)18)13(12)17-7-9-3-5-16-6-4-9/h1-3,16-17H,4-8H2. The number of fused-ring (bicyclic) bond motifs is 1. The highest BCUT2D eigenvalue weighted by molar-refractivity contribution is 9.10. The second kappa shape index (κ2) is 5.35. The van der Waals surface area contributed by atoms with Crippen LogP contribution in [0.15, 0.2) is 28.3 Å². The fourth-order valence-corrected chi connectivity index (χ4v) is 2.91. The molecule has 0 aliphatic carbocycles. The zero-order valence-electron chi connectivity index (χ0n) is 10.5. The number of ether oxygens (including phenoxy) is 1. The summed E-state index contributed by atoms with van der Waals surface area (Å²) < 4.78 is 6.06. The topological polar surface area (TPSA) is 50.4 Å². The second-order valence-corrected chi connectivity index (χ2v) is 5.55. The number of rotatable bonds is 3. The predicted octanol–water partition coefficient (Wildman–Crippen LogP) is 2.45. The molecule has 0 saturated carbocycles. The average Bonchev–Trinajstić information content (AvgIpc) is 2.81. The lowest BCUT2D eigenvalue weighted by Crippen LogP contribution is -2.23. The molecule has 0 saturated heterocycles. The van der Waals surface area contributed by atoms with E-state index in [9.17, 15) is 4.79 Å². The lowest BCUT2D eigenvalue weighted by Gasteiger charge is -2.17. The quantitative estimate of drug-likeness (QED) is 0.663. The van der Waals surface area contributed by atoms with Gasteiger partial charge >= 0.3 is 5.97 Å². The molecular weight excluding hydrogens is 308 g/mol. The van der Waals surface area contributed by atoms with E-state index in [0.29, 0.717) is 12.2 Å². The lowest BCUT2D eigenvalue weighted by atomic mass is 10.1. The minimum Gasteiger partial charge on any atom is -0.457 e. The Morgan fingerprint density at radius 1 is 1.42 bits per heavy atom. The fraction of sp³-hybridized carbons (Fsp3) is 0.357. The molecule has 0 amide bonds. The zero-order valence-corrected chi connectivity index (χ0v) is 12.0.